The van der Waals surface area contributed by atoms with Gasteiger partial charge in [-0.15, -0.1) is 5.10 Å². The first-order chi connectivity index (χ1) is 8.29. The van der Waals surface area contributed by atoms with E-state index in [0.29, 0.717) is 23.9 Å². The maximum atomic E-state index is 9.00. The number of ether oxygens (including phenoxy) is 1. The van der Waals surface area contributed by atoms with Crippen LogP contribution in [-0.2, 0) is 13.2 Å². The topological polar surface area (TPSA) is 60.2 Å². The van der Waals surface area contributed by atoms with Crippen molar-refractivity contribution in [3.05, 3.63) is 41.2 Å². The monoisotopic (exact) mass is 253 g/mol. The summed E-state index contributed by atoms with van der Waals surface area (Å²) in [4.78, 5) is 0. The van der Waals surface area contributed by atoms with Crippen molar-refractivity contribution >= 4 is 11.6 Å². The zero-order valence-electron chi connectivity index (χ0n) is 9.08. The first kappa shape index (κ1) is 11.9. The van der Waals surface area contributed by atoms with Gasteiger partial charge in [-0.25, -0.2) is 4.68 Å². The predicted molar refractivity (Wildman–Crippen MR) is 62.9 cm³/mol. The maximum absolute atomic E-state index is 9.00. The Morgan fingerprint density at radius 2 is 2.06 bits per heavy atom. The molecular formula is C11H12ClN3O2. The van der Waals surface area contributed by atoms with Crippen LogP contribution in [0.4, 0.5) is 0 Å². The number of aliphatic hydroxyl groups is 1. The third-order valence-electron chi connectivity index (χ3n) is 2.25. The Bertz CT molecular complexity index is 470. The van der Waals surface area contributed by atoms with Gasteiger partial charge >= 0.3 is 0 Å². The zero-order chi connectivity index (χ0) is 12.1. The van der Waals surface area contributed by atoms with E-state index in [0.717, 1.165) is 5.75 Å². The fourth-order valence-corrected chi connectivity index (χ4v) is 1.50. The summed E-state index contributed by atoms with van der Waals surface area (Å²) in [6, 6.07) is 7.14. The van der Waals surface area contributed by atoms with Crippen LogP contribution in [0.2, 0.25) is 5.02 Å². The highest BCUT2D eigenvalue weighted by molar-refractivity contribution is 6.30. The minimum Gasteiger partial charge on any atom is -0.492 e. The molecule has 0 saturated carbocycles. The van der Waals surface area contributed by atoms with Gasteiger partial charge < -0.3 is 9.84 Å². The van der Waals surface area contributed by atoms with Crippen molar-refractivity contribution in [1.29, 1.82) is 0 Å². The smallest absolute Gasteiger partial charge is 0.119 e. The molecule has 0 spiro atoms. The van der Waals surface area contributed by atoms with Crippen LogP contribution < -0.4 is 4.74 Å². The lowest BCUT2D eigenvalue weighted by atomic mass is 10.3. The van der Waals surface area contributed by atoms with E-state index in [-0.39, 0.29) is 6.61 Å². The quantitative estimate of drug-likeness (QED) is 0.877. The number of hydrogen-bond donors (Lipinski definition) is 1. The zero-order valence-corrected chi connectivity index (χ0v) is 9.84. The molecule has 1 heterocycles. The standard InChI is InChI=1S/C11H12ClN3O2/c12-9-1-3-11(4-2-9)17-6-5-15-10(8-16)7-13-14-15/h1-4,7,16H,5-6,8H2. The van der Waals surface area contributed by atoms with Crippen LogP contribution in [0.1, 0.15) is 5.69 Å². The van der Waals surface area contributed by atoms with E-state index >= 15 is 0 Å². The normalized spacial score (nSPS) is 10.5. The van der Waals surface area contributed by atoms with Gasteiger partial charge in [0, 0.05) is 5.02 Å². The number of aromatic nitrogens is 3. The highest BCUT2D eigenvalue weighted by Gasteiger charge is 2.02. The molecule has 0 bridgehead atoms. The van der Waals surface area contributed by atoms with Gasteiger partial charge in [-0.1, -0.05) is 16.8 Å². The second kappa shape index (κ2) is 5.65. The van der Waals surface area contributed by atoms with Crippen LogP contribution in [0.25, 0.3) is 0 Å². The van der Waals surface area contributed by atoms with Crippen molar-refractivity contribution in [3.8, 4) is 5.75 Å². The second-order valence-corrected chi connectivity index (χ2v) is 3.85. The summed E-state index contributed by atoms with van der Waals surface area (Å²) in [6.07, 6.45) is 1.53. The molecule has 5 nitrogen and oxygen atoms in total. The highest BCUT2D eigenvalue weighted by atomic mass is 35.5. The number of halogens is 1. The van der Waals surface area contributed by atoms with Gasteiger partial charge in [0.1, 0.15) is 12.4 Å². The van der Waals surface area contributed by atoms with Crippen molar-refractivity contribution in [2.75, 3.05) is 6.61 Å². The van der Waals surface area contributed by atoms with Crippen LogP contribution >= 0.6 is 11.6 Å². The maximum Gasteiger partial charge on any atom is 0.119 e. The Labute approximate surface area is 104 Å². The average Bonchev–Trinajstić information content (AvgIpc) is 2.79. The number of rotatable bonds is 5. The molecule has 0 radical (unpaired) electrons. The average molecular weight is 254 g/mol. The summed E-state index contributed by atoms with van der Waals surface area (Å²) in [7, 11) is 0. The van der Waals surface area contributed by atoms with Gasteiger partial charge in [-0.05, 0) is 24.3 Å². The predicted octanol–water partition coefficient (Wildman–Crippen LogP) is 1.50. The molecule has 90 valence electrons. The van der Waals surface area contributed by atoms with Crippen molar-refractivity contribution in [1.82, 2.24) is 15.0 Å². The Morgan fingerprint density at radius 1 is 1.29 bits per heavy atom. The minimum atomic E-state index is -0.0755. The van der Waals surface area contributed by atoms with Crippen molar-refractivity contribution in [3.63, 3.8) is 0 Å². The highest BCUT2D eigenvalue weighted by Crippen LogP contribution is 2.15. The third kappa shape index (κ3) is 3.18. The first-order valence-corrected chi connectivity index (χ1v) is 5.54. The fourth-order valence-electron chi connectivity index (χ4n) is 1.37. The molecule has 17 heavy (non-hydrogen) atoms. The van der Waals surface area contributed by atoms with E-state index in [1.807, 2.05) is 0 Å². The number of hydrogen-bond acceptors (Lipinski definition) is 4. The molecule has 1 aromatic carbocycles. The Morgan fingerprint density at radius 3 is 2.76 bits per heavy atom. The molecule has 0 saturated heterocycles. The van der Waals surface area contributed by atoms with Crippen LogP contribution in [0.5, 0.6) is 5.75 Å². The molecule has 0 aliphatic rings. The van der Waals surface area contributed by atoms with Gasteiger partial charge in [-0.2, -0.15) is 0 Å². The van der Waals surface area contributed by atoms with Crippen molar-refractivity contribution in [2.24, 2.45) is 0 Å². The molecule has 1 N–H and O–H groups in total. The lowest BCUT2D eigenvalue weighted by molar-refractivity contribution is 0.252. The van der Waals surface area contributed by atoms with Gasteiger partial charge in [0.2, 0.25) is 0 Å². The summed E-state index contributed by atoms with van der Waals surface area (Å²) in [5, 5.41) is 17.2. The summed E-state index contributed by atoms with van der Waals surface area (Å²) in [5.41, 5.74) is 0.671. The number of aliphatic hydroxyl groups excluding tert-OH is 1. The minimum absolute atomic E-state index is 0.0755. The molecule has 0 atom stereocenters. The van der Waals surface area contributed by atoms with E-state index in [4.69, 9.17) is 21.4 Å². The molecule has 1 aromatic heterocycles. The fraction of sp³-hybridized carbons (Fsp3) is 0.273. The molecule has 2 rings (SSSR count). The van der Waals surface area contributed by atoms with Crippen molar-refractivity contribution in [2.45, 2.75) is 13.2 Å². The molecule has 0 fully saturated rings. The Balaban J connectivity index is 1.85. The van der Waals surface area contributed by atoms with Crippen LogP contribution in [0, 0.1) is 0 Å². The van der Waals surface area contributed by atoms with Crippen LogP contribution in [0.3, 0.4) is 0 Å². The summed E-state index contributed by atoms with van der Waals surface area (Å²) in [5.74, 6) is 0.750. The first-order valence-electron chi connectivity index (χ1n) is 5.16. The van der Waals surface area contributed by atoms with Crippen LogP contribution in [-0.4, -0.2) is 26.7 Å². The number of nitrogens with zero attached hydrogens (tertiary/aromatic N) is 3. The van der Waals surface area contributed by atoms with Gasteiger partial charge in [0.25, 0.3) is 0 Å². The summed E-state index contributed by atoms with van der Waals surface area (Å²) in [6.45, 7) is 0.921. The van der Waals surface area contributed by atoms with E-state index in [1.54, 1.807) is 28.9 Å². The van der Waals surface area contributed by atoms with Gasteiger partial charge in [-0.3, -0.25) is 0 Å². The van der Waals surface area contributed by atoms with Crippen molar-refractivity contribution < 1.29 is 9.84 Å². The van der Waals surface area contributed by atoms with E-state index < -0.39 is 0 Å². The molecule has 0 aliphatic carbocycles. The molecule has 0 aliphatic heterocycles. The summed E-state index contributed by atoms with van der Waals surface area (Å²) >= 11 is 5.76. The third-order valence-corrected chi connectivity index (χ3v) is 2.50. The molecule has 2 aromatic rings. The Hall–Kier alpha value is -1.59. The molecule has 6 heteroatoms. The second-order valence-electron chi connectivity index (χ2n) is 3.41. The Kier molecular flexibility index (Phi) is 3.95. The summed E-state index contributed by atoms with van der Waals surface area (Å²) < 4.78 is 7.11. The number of benzene rings is 1. The van der Waals surface area contributed by atoms with Gasteiger partial charge in [0.15, 0.2) is 0 Å². The van der Waals surface area contributed by atoms with E-state index in [9.17, 15) is 0 Å². The van der Waals surface area contributed by atoms with E-state index in [2.05, 4.69) is 10.3 Å². The lowest BCUT2D eigenvalue weighted by Crippen LogP contribution is -2.12. The molecule has 0 unspecified atom stereocenters. The SMILES string of the molecule is OCc1cnnn1CCOc1ccc(Cl)cc1. The van der Waals surface area contributed by atoms with E-state index in [1.165, 1.54) is 6.20 Å². The van der Waals surface area contributed by atoms with Gasteiger partial charge in [0.05, 0.1) is 25.0 Å². The largest absolute Gasteiger partial charge is 0.492 e. The van der Waals surface area contributed by atoms with Crippen LogP contribution in [0.15, 0.2) is 30.5 Å². The molecule has 0 amide bonds. The lowest BCUT2D eigenvalue weighted by Gasteiger charge is -2.07. The molecular weight excluding hydrogens is 242 g/mol.